The number of benzene rings is 1. The Labute approximate surface area is 104 Å². The minimum Gasteiger partial charge on any atom is -0.396 e. The number of hydrogen-bond donors (Lipinski definition) is 2. The van der Waals surface area contributed by atoms with Crippen LogP contribution in [0.1, 0.15) is 31.4 Å². The summed E-state index contributed by atoms with van der Waals surface area (Å²) in [5, 5.41) is 8.94. The molecule has 3 nitrogen and oxygen atoms in total. The summed E-state index contributed by atoms with van der Waals surface area (Å²) in [4.78, 5) is 2.39. The molecule has 1 atom stereocenters. The van der Waals surface area contributed by atoms with Gasteiger partial charge in [0, 0.05) is 19.2 Å². The highest BCUT2D eigenvalue weighted by Gasteiger charge is 2.17. The van der Waals surface area contributed by atoms with E-state index in [9.17, 15) is 0 Å². The molecule has 0 heterocycles. The molecule has 0 amide bonds. The highest BCUT2D eigenvalue weighted by atomic mass is 16.3. The fourth-order valence-electron chi connectivity index (χ4n) is 2.20. The second-order valence-electron chi connectivity index (χ2n) is 4.21. The number of hydrogen-bond acceptors (Lipinski definition) is 3. The third-order valence-electron chi connectivity index (χ3n) is 3.07. The van der Waals surface area contributed by atoms with Crippen molar-refractivity contribution in [2.24, 2.45) is 5.73 Å². The Kier molecular flexibility index (Phi) is 6.86. The van der Waals surface area contributed by atoms with E-state index in [-0.39, 0.29) is 6.61 Å². The molecule has 0 radical (unpaired) electrons. The molecule has 96 valence electrons. The van der Waals surface area contributed by atoms with Gasteiger partial charge in [-0.25, -0.2) is 0 Å². The summed E-state index contributed by atoms with van der Waals surface area (Å²) in [5.41, 5.74) is 7.03. The van der Waals surface area contributed by atoms with Gasteiger partial charge in [0.2, 0.25) is 0 Å². The van der Waals surface area contributed by atoms with Gasteiger partial charge < -0.3 is 10.8 Å². The van der Waals surface area contributed by atoms with Crippen LogP contribution in [-0.4, -0.2) is 36.2 Å². The van der Waals surface area contributed by atoms with E-state index in [1.165, 1.54) is 5.56 Å². The van der Waals surface area contributed by atoms with E-state index in [1.807, 2.05) is 6.07 Å². The molecule has 0 aliphatic rings. The van der Waals surface area contributed by atoms with E-state index >= 15 is 0 Å². The van der Waals surface area contributed by atoms with Gasteiger partial charge in [0.1, 0.15) is 0 Å². The maximum Gasteiger partial charge on any atom is 0.0443 e. The highest BCUT2D eigenvalue weighted by Crippen LogP contribution is 2.23. The molecule has 0 fully saturated rings. The second-order valence-corrected chi connectivity index (χ2v) is 4.21. The summed E-state index contributed by atoms with van der Waals surface area (Å²) in [7, 11) is 0. The first kappa shape index (κ1) is 14.2. The van der Waals surface area contributed by atoms with Gasteiger partial charge >= 0.3 is 0 Å². The maximum absolute atomic E-state index is 8.94. The summed E-state index contributed by atoms with van der Waals surface area (Å²) in [5.74, 6) is 0. The first-order valence-electron chi connectivity index (χ1n) is 6.43. The molecular formula is C14H24N2O. The van der Waals surface area contributed by atoms with Crippen LogP contribution in [0.25, 0.3) is 0 Å². The van der Waals surface area contributed by atoms with E-state index in [2.05, 4.69) is 36.1 Å². The average molecular weight is 236 g/mol. The first-order chi connectivity index (χ1) is 8.33. The number of aliphatic hydroxyl groups excluding tert-OH is 1. The molecule has 3 N–H and O–H groups in total. The van der Waals surface area contributed by atoms with Gasteiger partial charge in [-0.1, -0.05) is 37.3 Å². The minimum absolute atomic E-state index is 0.251. The number of nitrogens with zero attached hydrogens (tertiary/aromatic N) is 1. The SMILES string of the molecule is CCN(CCCO)C(CCN)c1ccccc1. The third-order valence-corrected chi connectivity index (χ3v) is 3.07. The van der Waals surface area contributed by atoms with Crippen molar-refractivity contribution >= 4 is 0 Å². The molecule has 0 spiro atoms. The maximum atomic E-state index is 8.94. The molecule has 1 unspecified atom stereocenters. The molecule has 0 saturated heterocycles. The van der Waals surface area contributed by atoms with Gasteiger partial charge in [-0.05, 0) is 31.5 Å². The molecule has 0 aromatic heterocycles. The normalized spacial score (nSPS) is 12.9. The standard InChI is InChI=1S/C14H24N2O/c1-2-16(11-6-12-17)14(9-10-15)13-7-4-3-5-8-13/h3-5,7-8,14,17H,2,6,9-12,15H2,1H3. The van der Waals surface area contributed by atoms with Crippen LogP contribution < -0.4 is 5.73 Å². The van der Waals surface area contributed by atoms with E-state index in [0.717, 1.165) is 25.9 Å². The topological polar surface area (TPSA) is 49.5 Å². The fourth-order valence-corrected chi connectivity index (χ4v) is 2.20. The second kappa shape index (κ2) is 8.23. The Balaban J connectivity index is 2.75. The number of rotatable bonds is 8. The van der Waals surface area contributed by atoms with Crippen molar-refractivity contribution in [2.75, 3.05) is 26.2 Å². The van der Waals surface area contributed by atoms with Crippen LogP contribution in [0.4, 0.5) is 0 Å². The largest absolute Gasteiger partial charge is 0.396 e. The van der Waals surface area contributed by atoms with E-state index < -0.39 is 0 Å². The van der Waals surface area contributed by atoms with Crippen molar-refractivity contribution in [3.8, 4) is 0 Å². The van der Waals surface area contributed by atoms with Gasteiger partial charge in [0.05, 0.1) is 0 Å². The fraction of sp³-hybridized carbons (Fsp3) is 0.571. The smallest absolute Gasteiger partial charge is 0.0443 e. The number of nitrogens with two attached hydrogens (primary N) is 1. The van der Waals surface area contributed by atoms with Crippen molar-refractivity contribution in [3.63, 3.8) is 0 Å². The Morgan fingerprint density at radius 3 is 2.53 bits per heavy atom. The molecule has 0 aliphatic heterocycles. The lowest BCUT2D eigenvalue weighted by Crippen LogP contribution is -2.31. The van der Waals surface area contributed by atoms with Crippen molar-refractivity contribution in [3.05, 3.63) is 35.9 Å². The quantitative estimate of drug-likeness (QED) is 0.723. The summed E-state index contributed by atoms with van der Waals surface area (Å²) in [6.45, 7) is 5.01. The molecule has 17 heavy (non-hydrogen) atoms. The Bertz CT molecular complexity index is 290. The average Bonchev–Trinajstić information content (AvgIpc) is 2.39. The van der Waals surface area contributed by atoms with Crippen LogP contribution >= 0.6 is 0 Å². The molecule has 1 aromatic rings. The van der Waals surface area contributed by atoms with E-state index in [1.54, 1.807) is 0 Å². The Hall–Kier alpha value is -0.900. The monoisotopic (exact) mass is 236 g/mol. The Morgan fingerprint density at radius 1 is 1.29 bits per heavy atom. The van der Waals surface area contributed by atoms with Crippen molar-refractivity contribution in [1.29, 1.82) is 0 Å². The number of aliphatic hydroxyl groups is 1. The van der Waals surface area contributed by atoms with E-state index in [4.69, 9.17) is 10.8 Å². The van der Waals surface area contributed by atoms with Crippen molar-refractivity contribution < 1.29 is 5.11 Å². The van der Waals surface area contributed by atoms with Gasteiger partial charge in [-0.3, -0.25) is 4.90 Å². The zero-order chi connectivity index (χ0) is 12.5. The third kappa shape index (κ3) is 4.46. The predicted octanol–water partition coefficient (Wildman–Crippen LogP) is 1.78. The van der Waals surface area contributed by atoms with Crippen LogP contribution in [0.5, 0.6) is 0 Å². The van der Waals surface area contributed by atoms with Gasteiger partial charge in [-0.15, -0.1) is 0 Å². The summed E-state index contributed by atoms with van der Waals surface area (Å²) in [6, 6.07) is 10.9. The molecular weight excluding hydrogens is 212 g/mol. The lowest BCUT2D eigenvalue weighted by atomic mass is 10.0. The summed E-state index contributed by atoms with van der Waals surface area (Å²) >= 11 is 0. The van der Waals surface area contributed by atoms with Crippen LogP contribution in [0.15, 0.2) is 30.3 Å². The van der Waals surface area contributed by atoms with Crippen LogP contribution in [0.2, 0.25) is 0 Å². The molecule has 0 aliphatic carbocycles. The predicted molar refractivity (Wildman–Crippen MR) is 71.8 cm³/mol. The molecule has 1 aromatic carbocycles. The zero-order valence-electron chi connectivity index (χ0n) is 10.7. The van der Waals surface area contributed by atoms with Crippen LogP contribution in [-0.2, 0) is 0 Å². The lowest BCUT2D eigenvalue weighted by molar-refractivity contribution is 0.176. The molecule has 1 rings (SSSR count). The van der Waals surface area contributed by atoms with Crippen LogP contribution in [0.3, 0.4) is 0 Å². The summed E-state index contributed by atoms with van der Waals surface area (Å²) < 4.78 is 0. The van der Waals surface area contributed by atoms with E-state index in [0.29, 0.717) is 12.6 Å². The molecule has 3 heteroatoms. The van der Waals surface area contributed by atoms with Crippen LogP contribution in [0, 0.1) is 0 Å². The first-order valence-corrected chi connectivity index (χ1v) is 6.43. The minimum atomic E-state index is 0.251. The zero-order valence-corrected chi connectivity index (χ0v) is 10.7. The summed E-state index contributed by atoms with van der Waals surface area (Å²) in [6.07, 6.45) is 1.78. The Morgan fingerprint density at radius 2 is 2.00 bits per heavy atom. The van der Waals surface area contributed by atoms with Crippen molar-refractivity contribution in [1.82, 2.24) is 4.90 Å². The molecule has 0 bridgehead atoms. The molecule has 0 saturated carbocycles. The lowest BCUT2D eigenvalue weighted by Gasteiger charge is -2.30. The highest BCUT2D eigenvalue weighted by molar-refractivity contribution is 5.19. The van der Waals surface area contributed by atoms with Gasteiger partial charge in [0.15, 0.2) is 0 Å². The van der Waals surface area contributed by atoms with Gasteiger partial charge in [0.25, 0.3) is 0 Å². The van der Waals surface area contributed by atoms with Crippen molar-refractivity contribution in [2.45, 2.75) is 25.8 Å². The van der Waals surface area contributed by atoms with Gasteiger partial charge in [-0.2, -0.15) is 0 Å².